The minimum absolute atomic E-state index is 0.0555. The number of benzene rings is 2. The van der Waals surface area contributed by atoms with E-state index in [-0.39, 0.29) is 23.0 Å². The largest absolute Gasteiger partial charge is 0.349 e. The Morgan fingerprint density at radius 2 is 1.63 bits per heavy atom. The van der Waals surface area contributed by atoms with Gasteiger partial charge in [0.15, 0.2) is 5.78 Å². The molecule has 1 aliphatic carbocycles. The third-order valence-corrected chi connectivity index (χ3v) is 5.95. The standard InChI is InChI=1S/C25H30N2O3/c1-18-11-12-21(20(15-18)24(30)19-9-5-4-6-10-19)26-22(28)16-25(13-7-8-14-25)17-23(29)27(2)3/h4-6,9-12,15H,7-8,13-14,16-17H2,1-3H3,(H,26,28). The highest BCUT2D eigenvalue weighted by atomic mass is 16.2. The van der Waals surface area contributed by atoms with E-state index in [1.54, 1.807) is 37.2 Å². The van der Waals surface area contributed by atoms with Gasteiger partial charge in [-0.15, -0.1) is 0 Å². The van der Waals surface area contributed by atoms with E-state index in [2.05, 4.69) is 5.32 Å². The normalized spacial score (nSPS) is 14.9. The molecule has 0 heterocycles. The van der Waals surface area contributed by atoms with E-state index in [9.17, 15) is 14.4 Å². The fraction of sp³-hybridized carbons (Fsp3) is 0.400. The summed E-state index contributed by atoms with van der Waals surface area (Å²) in [5.41, 5.74) is 2.25. The number of amides is 2. The van der Waals surface area contributed by atoms with Gasteiger partial charge in [-0.25, -0.2) is 0 Å². The highest BCUT2D eigenvalue weighted by Crippen LogP contribution is 2.44. The first-order valence-electron chi connectivity index (χ1n) is 10.5. The first kappa shape index (κ1) is 21.8. The average Bonchev–Trinajstić information content (AvgIpc) is 3.17. The summed E-state index contributed by atoms with van der Waals surface area (Å²) in [6.07, 6.45) is 4.51. The molecule has 0 atom stereocenters. The van der Waals surface area contributed by atoms with Crippen molar-refractivity contribution in [1.82, 2.24) is 4.90 Å². The fourth-order valence-electron chi connectivity index (χ4n) is 4.25. The average molecular weight is 407 g/mol. The summed E-state index contributed by atoms with van der Waals surface area (Å²) in [4.78, 5) is 39.9. The predicted molar refractivity (Wildman–Crippen MR) is 119 cm³/mol. The number of carbonyl (C=O) groups is 3. The molecule has 0 unspecified atom stereocenters. The van der Waals surface area contributed by atoms with Gasteiger partial charge in [-0.05, 0) is 37.3 Å². The third-order valence-electron chi connectivity index (χ3n) is 5.95. The lowest BCUT2D eigenvalue weighted by molar-refractivity contribution is -0.131. The molecule has 2 amide bonds. The quantitative estimate of drug-likeness (QED) is 0.684. The zero-order valence-corrected chi connectivity index (χ0v) is 18.0. The van der Waals surface area contributed by atoms with Crippen LogP contribution in [0.25, 0.3) is 0 Å². The molecule has 0 aliphatic heterocycles. The Hall–Kier alpha value is -2.95. The van der Waals surface area contributed by atoms with E-state index in [4.69, 9.17) is 0 Å². The number of nitrogens with zero attached hydrogens (tertiary/aromatic N) is 1. The van der Waals surface area contributed by atoms with Crippen LogP contribution in [0.15, 0.2) is 48.5 Å². The molecule has 0 aromatic heterocycles. The lowest BCUT2D eigenvalue weighted by atomic mass is 9.78. The van der Waals surface area contributed by atoms with Gasteiger partial charge in [-0.1, -0.05) is 54.8 Å². The Morgan fingerprint density at radius 3 is 2.27 bits per heavy atom. The van der Waals surface area contributed by atoms with Gasteiger partial charge in [0, 0.05) is 38.1 Å². The summed E-state index contributed by atoms with van der Waals surface area (Å²) in [5, 5.41) is 2.96. The van der Waals surface area contributed by atoms with Gasteiger partial charge in [0.1, 0.15) is 0 Å². The lowest BCUT2D eigenvalue weighted by Crippen LogP contribution is -2.32. The van der Waals surface area contributed by atoms with Gasteiger partial charge in [0.25, 0.3) is 0 Å². The van der Waals surface area contributed by atoms with Crippen LogP contribution in [-0.2, 0) is 9.59 Å². The first-order chi connectivity index (χ1) is 14.3. The summed E-state index contributed by atoms with van der Waals surface area (Å²) in [5.74, 6) is -0.206. The van der Waals surface area contributed by atoms with Crippen molar-refractivity contribution in [3.05, 3.63) is 65.2 Å². The molecule has 0 radical (unpaired) electrons. The molecule has 5 nitrogen and oxygen atoms in total. The number of nitrogens with one attached hydrogen (secondary N) is 1. The highest BCUT2D eigenvalue weighted by molar-refractivity contribution is 6.14. The Balaban J connectivity index is 1.79. The molecule has 30 heavy (non-hydrogen) atoms. The van der Waals surface area contributed by atoms with Gasteiger partial charge < -0.3 is 10.2 Å². The van der Waals surface area contributed by atoms with Crippen molar-refractivity contribution in [3.63, 3.8) is 0 Å². The molecule has 2 aromatic carbocycles. The van der Waals surface area contributed by atoms with E-state index in [0.29, 0.717) is 29.7 Å². The molecule has 0 spiro atoms. The topological polar surface area (TPSA) is 66.5 Å². The van der Waals surface area contributed by atoms with Crippen LogP contribution in [0, 0.1) is 12.3 Å². The maximum Gasteiger partial charge on any atom is 0.224 e. The summed E-state index contributed by atoms with van der Waals surface area (Å²) in [6.45, 7) is 1.92. The van der Waals surface area contributed by atoms with Crippen LogP contribution in [0.1, 0.15) is 60.0 Å². The SMILES string of the molecule is Cc1ccc(NC(=O)CC2(CC(=O)N(C)C)CCCC2)c(C(=O)c2ccccc2)c1. The molecule has 3 rings (SSSR count). The van der Waals surface area contributed by atoms with Crippen molar-refractivity contribution >= 4 is 23.3 Å². The monoisotopic (exact) mass is 406 g/mol. The summed E-state index contributed by atoms with van der Waals surface area (Å²) in [6, 6.07) is 14.6. The molecule has 2 aromatic rings. The second-order valence-corrected chi connectivity index (χ2v) is 8.64. The predicted octanol–water partition coefficient (Wildman–Crippen LogP) is 4.59. The van der Waals surface area contributed by atoms with Crippen LogP contribution in [0.4, 0.5) is 5.69 Å². The van der Waals surface area contributed by atoms with Gasteiger partial charge in [0.2, 0.25) is 11.8 Å². The fourth-order valence-corrected chi connectivity index (χ4v) is 4.25. The van der Waals surface area contributed by atoms with E-state index >= 15 is 0 Å². The Kier molecular flexibility index (Phi) is 6.70. The molecule has 0 bridgehead atoms. The lowest BCUT2D eigenvalue weighted by Gasteiger charge is -2.29. The summed E-state index contributed by atoms with van der Waals surface area (Å²) in [7, 11) is 3.50. The molecule has 1 fully saturated rings. The Labute approximate surface area is 178 Å². The van der Waals surface area contributed by atoms with Crippen molar-refractivity contribution < 1.29 is 14.4 Å². The van der Waals surface area contributed by atoms with E-state index < -0.39 is 0 Å². The van der Waals surface area contributed by atoms with E-state index in [1.807, 2.05) is 37.3 Å². The highest BCUT2D eigenvalue weighted by Gasteiger charge is 2.38. The molecule has 1 aliphatic rings. The number of anilines is 1. The van der Waals surface area contributed by atoms with Crippen LogP contribution in [0.2, 0.25) is 0 Å². The maximum atomic E-state index is 13.0. The maximum absolute atomic E-state index is 13.0. The van der Waals surface area contributed by atoms with Gasteiger partial charge in [0.05, 0.1) is 5.69 Å². The van der Waals surface area contributed by atoms with Crippen molar-refractivity contribution in [2.75, 3.05) is 19.4 Å². The van der Waals surface area contributed by atoms with Crippen molar-refractivity contribution in [1.29, 1.82) is 0 Å². The zero-order valence-electron chi connectivity index (χ0n) is 18.0. The first-order valence-corrected chi connectivity index (χ1v) is 10.5. The number of rotatable bonds is 7. The molecule has 158 valence electrons. The summed E-state index contributed by atoms with van der Waals surface area (Å²) >= 11 is 0. The van der Waals surface area contributed by atoms with Crippen LogP contribution in [-0.4, -0.2) is 36.6 Å². The number of hydrogen-bond acceptors (Lipinski definition) is 3. The molecular weight excluding hydrogens is 376 g/mol. The second-order valence-electron chi connectivity index (χ2n) is 8.64. The van der Waals surface area contributed by atoms with Gasteiger partial charge in [-0.3, -0.25) is 14.4 Å². The van der Waals surface area contributed by atoms with Gasteiger partial charge in [-0.2, -0.15) is 0 Å². The van der Waals surface area contributed by atoms with Gasteiger partial charge >= 0.3 is 0 Å². The van der Waals surface area contributed by atoms with Crippen molar-refractivity contribution in [2.24, 2.45) is 5.41 Å². The van der Waals surface area contributed by atoms with Crippen molar-refractivity contribution in [2.45, 2.75) is 45.4 Å². The smallest absolute Gasteiger partial charge is 0.224 e. The van der Waals surface area contributed by atoms with Crippen LogP contribution >= 0.6 is 0 Å². The molecule has 5 heteroatoms. The number of hydrogen-bond donors (Lipinski definition) is 1. The number of carbonyl (C=O) groups excluding carboxylic acids is 3. The number of ketones is 1. The van der Waals surface area contributed by atoms with E-state index in [0.717, 1.165) is 31.2 Å². The number of aryl methyl sites for hydroxylation is 1. The van der Waals surface area contributed by atoms with Crippen LogP contribution in [0.5, 0.6) is 0 Å². The van der Waals surface area contributed by atoms with Crippen LogP contribution in [0.3, 0.4) is 0 Å². The molecule has 1 saturated carbocycles. The third kappa shape index (κ3) is 5.15. The zero-order chi connectivity index (χ0) is 21.7. The van der Waals surface area contributed by atoms with Crippen molar-refractivity contribution in [3.8, 4) is 0 Å². The molecule has 1 N–H and O–H groups in total. The molecular formula is C25H30N2O3. The minimum Gasteiger partial charge on any atom is -0.349 e. The molecule has 0 saturated heterocycles. The summed E-state index contributed by atoms with van der Waals surface area (Å²) < 4.78 is 0. The van der Waals surface area contributed by atoms with Crippen LogP contribution < -0.4 is 5.32 Å². The minimum atomic E-state index is -0.292. The second kappa shape index (κ2) is 9.24. The Bertz CT molecular complexity index is 929. The van der Waals surface area contributed by atoms with E-state index in [1.165, 1.54) is 0 Å². The Morgan fingerprint density at radius 1 is 0.967 bits per heavy atom.